The highest BCUT2D eigenvalue weighted by Crippen LogP contribution is 2.33. The van der Waals surface area contributed by atoms with E-state index in [0.29, 0.717) is 28.0 Å². The van der Waals surface area contributed by atoms with Crippen molar-refractivity contribution in [3.8, 4) is 5.75 Å². The largest absolute Gasteiger partial charge is 0.487 e. The van der Waals surface area contributed by atoms with Crippen molar-refractivity contribution in [3.63, 3.8) is 0 Å². The van der Waals surface area contributed by atoms with Gasteiger partial charge in [-0.1, -0.05) is 11.6 Å². The summed E-state index contributed by atoms with van der Waals surface area (Å²) in [4.78, 5) is 23.7. The second kappa shape index (κ2) is 7.16. The number of anilines is 2. The van der Waals surface area contributed by atoms with E-state index < -0.39 is 5.91 Å². The van der Waals surface area contributed by atoms with Crippen LogP contribution in [0.15, 0.2) is 30.9 Å². The van der Waals surface area contributed by atoms with Gasteiger partial charge < -0.3 is 15.8 Å². The molecule has 1 atom stereocenters. The number of hydrogen-bond acceptors (Lipinski definition) is 7. The van der Waals surface area contributed by atoms with Gasteiger partial charge in [0.05, 0.1) is 17.4 Å². The number of amides is 1. The van der Waals surface area contributed by atoms with Crippen molar-refractivity contribution in [1.29, 1.82) is 0 Å². The Bertz CT molecular complexity index is 1080. The summed E-state index contributed by atoms with van der Waals surface area (Å²) in [6, 6.07) is 1.77. The predicted octanol–water partition coefficient (Wildman–Crippen LogP) is 2.09. The molecule has 0 aliphatic carbocycles. The molecule has 1 unspecified atom stereocenters. The second-order valence-electron chi connectivity index (χ2n) is 7.42. The fourth-order valence-corrected chi connectivity index (χ4v) is 4.26. The number of carbonyl (C=O) groups excluding carboxylic acids is 1. The van der Waals surface area contributed by atoms with Crippen molar-refractivity contribution >= 4 is 34.7 Å². The third-order valence-electron chi connectivity index (χ3n) is 5.60. The first kappa shape index (κ1) is 18.1. The summed E-state index contributed by atoms with van der Waals surface area (Å²) in [5, 5.41) is 7.36. The summed E-state index contributed by atoms with van der Waals surface area (Å²) in [6.45, 7) is 3.18. The molecule has 0 radical (unpaired) electrons. The average molecular weight is 414 g/mol. The Balaban J connectivity index is 1.40. The first-order valence-electron chi connectivity index (χ1n) is 9.52. The fraction of sp³-hybridized carbons (Fsp3) is 0.368. The summed E-state index contributed by atoms with van der Waals surface area (Å²) in [5.74, 6) is 0.777. The molecule has 3 saturated heterocycles. The van der Waals surface area contributed by atoms with Gasteiger partial charge in [0.1, 0.15) is 23.1 Å². The molecule has 3 aromatic rings. The number of halogens is 1. The van der Waals surface area contributed by atoms with Crippen LogP contribution in [0.2, 0.25) is 5.02 Å². The molecule has 10 heteroatoms. The van der Waals surface area contributed by atoms with Crippen LogP contribution in [0.1, 0.15) is 23.2 Å². The van der Waals surface area contributed by atoms with E-state index in [4.69, 9.17) is 22.1 Å². The molecule has 2 bridgehead atoms. The third kappa shape index (κ3) is 3.36. The highest BCUT2D eigenvalue weighted by atomic mass is 35.5. The number of nitrogens with two attached hydrogens (primary N) is 1. The number of fused-ring (bicyclic) bond motifs is 4. The molecule has 150 valence electrons. The van der Waals surface area contributed by atoms with Crippen molar-refractivity contribution in [3.05, 3.63) is 41.4 Å². The SMILES string of the molecule is Nc1nn2cc(Cl)cnc2c1C(=O)Nc1cnccc1OC1CN2CCC1CC2. The number of hydrogen-bond donors (Lipinski definition) is 2. The number of ether oxygens (including phenoxy) is 1. The zero-order valence-electron chi connectivity index (χ0n) is 15.6. The van der Waals surface area contributed by atoms with E-state index in [1.54, 1.807) is 24.7 Å². The van der Waals surface area contributed by atoms with Gasteiger partial charge in [0.25, 0.3) is 5.91 Å². The summed E-state index contributed by atoms with van der Waals surface area (Å²) < 4.78 is 7.68. The Labute approximate surface area is 171 Å². The molecule has 3 aliphatic heterocycles. The van der Waals surface area contributed by atoms with Gasteiger partial charge in [-0.25, -0.2) is 9.50 Å². The molecular formula is C19H20ClN7O2. The Hall–Kier alpha value is -2.91. The van der Waals surface area contributed by atoms with E-state index in [0.717, 1.165) is 32.5 Å². The zero-order valence-corrected chi connectivity index (χ0v) is 16.3. The number of rotatable bonds is 4. The van der Waals surface area contributed by atoms with Gasteiger partial charge in [-0.15, -0.1) is 5.10 Å². The van der Waals surface area contributed by atoms with Crippen molar-refractivity contribution in [2.45, 2.75) is 18.9 Å². The minimum atomic E-state index is -0.431. The lowest BCUT2D eigenvalue weighted by Gasteiger charge is -2.44. The highest BCUT2D eigenvalue weighted by Gasteiger charge is 2.36. The van der Waals surface area contributed by atoms with Gasteiger partial charge >= 0.3 is 0 Å². The first-order chi connectivity index (χ1) is 14.1. The van der Waals surface area contributed by atoms with Crippen LogP contribution in [0, 0.1) is 5.92 Å². The molecule has 0 spiro atoms. The zero-order chi connectivity index (χ0) is 20.0. The summed E-state index contributed by atoms with van der Waals surface area (Å²) >= 11 is 5.94. The number of aromatic nitrogens is 4. The van der Waals surface area contributed by atoms with E-state index in [1.807, 2.05) is 0 Å². The number of nitrogens with zero attached hydrogens (tertiary/aromatic N) is 5. The lowest BCUT2D eigenvalue weighted by Crippen LogP contribution is -2.52. The van der Waals surface area contributed by atoms with E-state index in [9.17, 15) is 4.79 Å². The summed E-state index contributed by atoms with van der Waals surface area (Å²) in [6.07, 6.45) is 8.61. The highest BCUT2D eigenvalue weighted by molar-refractivity contribution is 6.30. The molecule has 3 aromatic heterocycles. The quantitative estimate of drug-likeness (QED) is 0.673. The lowest BCUT2D eigenvalue weighted by molar-refractivity contribution is -0.00745. The van der Waals surface area contributed by atoms with Crippen LogP contribution in [0.25, 0.3) is 5.65 Å². The third-order valence-corrected chi connectivity index (χ3v) is 5.79. The number of pyridine rings is 1. The van der Waals surface area contributed by atoms with E-state index in [-0.39, 0.29) is 17.5 Å². The molecule has 0 aromatic carbocycles. The van der Waals surface area contributed by atoms with Crippen LogP contribution in [0.4, 0.5) is 11.5 Å². The van der Waals surface area contributed by atoms with Crippen LogP contribution in [0.5, 0.6) is 5.75 Å². The number of carbonyl (C=O) groups is 1. The molecule has 3 N–H and O–H groups in total. The number of nitrogen functional groups attached to an aromatic ring is 1. The Morgan fingerprint density at radius 2 is 2.14 bits per heavy atom. The smallest absolute Gasteiger partial charge is 0.263 e. The standard InChI is InChI=1S/C19H20ClN7O2/c20-12-7-23-18-16(17(21)25-27(18)9-12)19(28)24-13-8-22-4-1-14(13)29-15-10-26-5-2-11(15)3-6-26/h1,4,7-9,11,15H,2-3,5-6,10H2,(H2,21,25)(H,24,28). The first-order valence-corrected chi connectivity index (χ1v) is 9.90. The lowest BCUT2D eigenvalue weighted by atomic mass is 9.86. The van der Waals surface area contributed by atoms with Gasteiger partial charge in [-0.3, -0.25) is 14.7 Å². The van der Waals surface area contributed by atoms with Crippen LogP contribution in [-0.2, 0) is 0 Å². The maximum absolute atomic E-state index is 13.0. The fourth-order valence-electron chi connectivity index (χ4n) is 4.12. The predicted molar refractivity (Wildman–Crippen MR) is 108 cm³/mol. The van der Waals surface area contributed by atoms with E-state index in [2.05, 4.69) is 25.3 Å². The van der Waals surface area contributed by atoms with Crippen molar-refractivity contribution in [2.24, 2.45) is 5.92 Å². The Morgan fingerprint density at radius 1 is 1.31 bits per heavy atom. The van der Waals surface area contributed by atoms with Crippen molar-refractivity contribution in [1.82, 2.24) is 24.5 Å². The Morgan fingerprint density at radius 3 is 2.90 bits per heavy atom. The molecule has 29 heavy (non-hydrogen) atoms. The van der Waals surface area contributed by atoms with Crippen LogP contribution in [0.3, 0.4) is 0 Å². The number of nitrogens with one attached hydrogen (secondary N) is 1. The molecule has 0 saturated carbocycles. The molecule has 3 aliphatic rings. The van der Waals surface area contributed by atoms with Gasteiger partial charge in [0.15, 0.2) is 11.5 Å². The topological polar surface area (TPSA) is 111 Å². The molecule has 1 amide bonds. The van der Waals surface area contributed by atoms with Crippen LogP contribution >= 0.6 is 11.6 Å². The number of piperidine rings is 3. The monoisotopic (exact) mass is 413 g/mol. The maximum atomic E-state index is 13.0. The van der Waals surface area contributed by atoms with Crippen LogP contribution < -0.4 is 15.8 Å². The van der Waals surface area contributed by atoms with E-state index >= 15 is 0 Å². The molecular weight excluding hydrogens is 394 g/mol. The maximum Gasteiger partial charge on any atom is 0.263 e. The van der Waals surface area contributed by atoms with Crippen molar-refractivity contribution in [2.75, 3.05) is 30.7 Å². The van der Waals surface area contributed by atoms with Gasteiger partial charge in [-0.2, -0.15) is 0 Å². The average Bonchev–Trinajstić information content (AvgIpc) is 3.05. The van der Waals surface area contributed by atoms with E-state index in [1.165, 1.54) is 10.7 Å². The Kier molecular flexibility index (Phi) is 4.48. The molecule has 6 rings (SSSR count). The van der Waals surface area contributed by atoms with Crippen molar-refractivity contribution < 1.29 is 9.53 Å². The van der Waals surface area contributed by atoms with Gasteiger partial charge in [0.2, 0.25) is 0 Å². The minimum absolute atomic E-state index is 0.0704. The molecule has 3 fully saturated rings. The van der Waals surface area contributed by atoms with Gasteiger partial charge in [-0.05, 0) is 31.8 Å². The van der Waals surface area contributed by atoms with Crippen LogP contribution in [-0.4, -0.2) is 56.1 Å². The van der Waals surface area contributed by atoms with Gasteiger partial charge in [0, 0.05) is 25.0 Å². The normalized spacial score (nSPS) is 23.3. The summed E-state index contributed by atoms with van der Waals surface area (Å²) in [5.41, 5.74) is 6.95. The molecule has 6 heterocycles. The minimum Gasteiger partial charge on any atom is -0.487 e. The summed E-state index contributed by atoms with van der Waals surface area (Å²) in [7, 11) is 0. The second-order valence-corrected chi connectivity index (χ2v) is 7.86. The molecule has 9 nitrogen and oxygen atoms in total.